The van der Waals surface area contributed by atoms with Gasteiger partial charge in [0.05, 0.1) is 0 Å². The topological polar surface area (TPSA) is 0 Å². The van der Waals surface area contributed by atoms with Crippen LogP contribution in [0.3, 0.4) is 0 Å². The summed E-state index contributed by atoms with van der Waals surface area (Å²) in [6, 6.07) is 14.4. The molecule has 0 bridgehead atoms. The lowest BCUT2D eigenvalue weighted by Crippen LogP contribution is -2.77. The fourth-order valence-corrected chi connectivity index (χ4v) is 95.3. The van der Waals surface area contributed by atoms with E-state index in [1.54, 1.807) is 54.4 Å². The molecule has 0 heterocycles. The molecule has 0 aliphatic rings. The predicted octanol–water partition coefficient (Wildman–Crippen LogP) is 7.24. The highest BCUT2D eigenvalue weighted by Gasteiger charge is 2.57. The molecule has 0 rings (SSSR count). The Labute approximate surface area is 146 Å². The molecule has 4 heteroatoms. The first-order valence-electron chi connectivity index (χ1n) is 10.3. The van der Waals surface area contributed by atoms with Crippen molar-refractivity contribution in [2.45, 2.75) is 117 Å². The molecule has 22 heavy (non-hydrogen) atoms. The van der Waals surface area contributed by atoms with Crippen molar-refractivity contribution in [1.29, 1.82) is 0 Å². The second kappa shape index (κ2) is 9.99. The van der Waals surface area contributed by atoms with Crippen molar-refractivity contribution in [3.05, 3.63) is 0 Å². The van der Waals surface area contributed by atoms with E-state index in [1.807, 2.05) is 0 Å². The number of rotatable bonds is 12. The molecule has 0 amide bonds. The van der Waals surface area contributed by atoms with Crippen LogP contribution in [0.1, 0.15) is 62.3 Å². The normalized spacial score (nSPS) is 13.9. The second-order valence-corrected chi connectivity index (χ2v) is 40.7. The zero-order chi connectivity index (χ0) is 17.4. The fourth-order valence-electron chi connectivity index (χ4n) is 5.53. The molecule has 0 aromatic carbocycles. The van der Waals surface area contributed by atoms with Crippen LogP contribution in [0.5, 0.6) is 0 Å². The molecule has 0 fully saturated rings. The van der Waals surface area contributed by atoms with E-state index in [4.69, 9.17) is 0 Å². The molecule has 0 saturated heterocycles. The van der Waals surface area contributed by atoms with E-state index < -0.39 is 22.8 Å². The van der Waals surface area contributed by atoms with Gasteiger partial charge < -0.3 is 0 Å². The summed E-state index contributed by atoms with van der Waals surface area (Å²) in [5.74, 6) is 0. The van der Waals surface area contributed by atoms with Gasteiger partial charge in [0, 0.05) is 30.1 Å². The monoisotopic (exact) mass is 373 g/mol. The molecular weight excluding hydrogens is 329 g/mol. The van der Waals surface area contributed by atoms with E-state index in [0.29, 0.717) is 0 Å². The Morgan fingerprint density at radius 1 is 0.364 bits per heavy atom. The molecule has 1 radical (unpaired) electrons. The Kier molecular flexibility index (Phi) is 10.4. The summed E-state index contributed by atoms with van der Waals surface area (Å²) in [6.07, 6.45) is 0. The number of hydrogen-bond acceptors (Lipinski definition) is 0. The van der Waals surface area contributed by atoms with Crippen LogP contribution >= 0.6 is 0 Å². The molecule has 0 nitrogen and oxygen atoms in total. The Morgan fingerprint density at radius 3 is 0.591 bits per heavy atom. The molecule has 0 aliphatic heterocycles. The minimum absolute atomic E-state index is 0.0787. The summed E-state index contributed by atoms with van der Waals surface area (Å²) in [5.41, 5.74) is 0. The van der Waals surface area contributed by atoms with Crippen molar-refractivity contribution in [3.8, 4) is 0 Å². The minimum atomic E-state index is -1.02. The van der Waals surface area contributed by atoms with Crippen LogP contribution in [0.15, 0.2) is 0 Å². The van der Waals surface area contributed by atoms with Crippen LogP contribution in [0, 0.1) is 0 Å². The molecule has 0 atom stereocenters. The van der Waals surface area contributed by atoms with Gasteiger partial charge in [0.25, 0.3) is 0 Å². The van der Waals surface area contributed by atoms with Gasteiger partial charge in [-0.2, -0.15) is 0 Å². The van der Waals surface area contributed by atoms with E-state index in [0.717, 1.165) is 0 Å². The third-order valence-corrected chi connectivity index (χ3v) is 70.8. The lowest BCUT2D eigenvalue weighted by atomic mass is 10.9. The second-order valence-electron chi connectivity index (χ2n) is 7.40. The average Bonchev–Trinajstić information content (AvgIpc) is 2.60. The van der Waals surface area contributed by atoms with Crippen LogP contribution in [0.25, 0.3) is 0 Å². The Bertz CT molecular complexity index is 219. The van der Waals surface area contributed by atoms with Crippen molar-refractivity contribution in [3.63, 3.8) is 0 Å². The third kappa shape index (κ3) is 3.92. The summed E-state index contributed by atoms with van der Waals surface area (Å²) in [7, 11) is -3.13. The lowest BCUT2D eigenvalue weighted by Gasteiger charge is -2.55. The van der Waals surface area contributed by atoms with Crippen LogP contribution in [-0.2, 0) is 0 Å². The molecular formula is C18H45Si4. The maximum Gasteiger partial charge on any atom is 0.0390 e. The van der Waals surface area contributed by atoms with Crippen molar-refractivity contribution in [2.24, 2.45) is 0 Å². The summed E-state index contributed by atoms with van der Waals surface area (Å²) in [4.78, 5) is 0. The Balaban J connectivity index is 6.42. The smallest absolute Gasteiger partial charge is 0.0390 e. The molecule has 0 aliphatic carbocycles. The average molecular weight is 374 g/mol. The van der Waals surface area contributed by atoms with E-state index in [2.05, 4.69) is 62.3 Å². The third-order valence-electron chi connectivity index (χ3n) is 7.68. The van der Waals surface area contributed by atoms with Gasteiger partial charge in [0.15, 0.2) is 0 Å². The zero-order valence-electron chi connectivity index (χ0n) is 17.4. The standard InChI is InChI=1S/C18H45Si4/c1-10-20(11-2,12-3)19(21(13-4,14-5)15-6)22(16-7,17-8)18-9/h10-18H2,1-9H3. The highest BCUT2D eigenvalue weighted by molar-refractivity contribution is 7.82. The van der Waals surface area contributed by atoms with Gasteiger partial charge in [-0.05, 0) is 0 Å². The maximum atomic E-state index is 2.59. The molecule has 0 saturated carbocycles. The van der Waals surface area contributed by atoms with Gasteiger partial charge in [0.2, 0.25) is 0 Å². The maximum absolute atomic E-state index is 2.59. The molecule has 0 unspecified atom stereocenters. The van der Waals surface area contributed by atoms with Crippen LogP contribution in [0.2, 0.25) is 54.4 Å². The van der Waals surface area contributed by atoms with Gasteiger partial charge in [0.1, 0.15) is 0 Å². The first-order valence-corrected chi connectivity index (χ1v) is 22.7. The van der Waals surface area contributed by atoms with Gasteiger partial charge in [-0.25, -0.2) is 0 Å². The minimum Gasteiger partial charge on any atom is -0.0680 e. The summed E-state index contributed by atoms with van der Waals surface area (Å²) in [5, 5.41) is 0. The number of hydrogen-bond donors (Lipinski definition) is 0. The molecule has 0 N–H and O–H groups in total. The quantitative estimate of drug-likeness (QED) is 0.316. The van der Waals surface area contributed by atoms with E-state index in [1.165, 1.54) is 0 Å². The first kappa shape index (κ1) is 22.9. The summed E-state index contributed by atoms with van der Waals surface area (Å²) < 4.78 is 0. The van der Waals surface area contributed by atoms with Crippen molar-refractivity contribution >= 4 is 30.1 Å². The largest absolute Gasteiger partial charge is 0.0680 e. The van der Waals surface area contributed by atoms with Gasteiger partial charge >= 0.3 is 0 Å². The van der Waals surface area contributed by atoms with Crippen LogP contribution < -0.4 is 0 Å². The highest BCUT2D eigenvalue weighted by Crippen LogP contribution is 2.42. The summed E-state index contributed by atoms with van der Waals surface area (Å²) in [6.45, 7) is 23.3. The Morgan fingerprint density at radius 2 is 0.500 bits per heavy atom. The van der Waals surface area contributed by atoms with E-state index in [9.17, 15) is 0 Å². The highest BCUT2D eigenvalue weighted by atomic mass is 29.9. The van der Waals surface area contributed by atoms with Crippen molar-refractivity contribution in [2.75, 3.05) is 0 Å². The molecule has 133 valence electrons. The van der Waals surface area contributed by atoms with Crippen LogP contribution in [0.4, 0.5) is 0 Å². The predicted molar refractivity (Wildman–Crippen MR) is 117 cm³/mol. The molecule has 0 aromatic rings. The Hall–Kier alpha value is 0.868. The van der Waals surface area contributed by atoms with Gasteiger partial charge in [-0.1, -0.05) is 117 Å². The van der Waals surface area contributed by atoms with Gasteiger partial charge in [-0.15, -0.1) is 0 Å². The summed E-state index contributed by atoms with van der Waals surface area (Å²) >= 11 is 0. The molecule has 0 spiro atoms. The van der Waals surface area contributed by atoms with Crippen LogP contribution in [-0.4, -0.2) is 30.1 Å². The van der Waals surface area contributed by atoms with E-state index >= 15 is 0 Å². The fraction of sp³-hybridized carbons (Fsp3) is 1.00. The van der Waals surface area contributed by atoms with E-state index in [-0.39, 0.29) is 7.35 Å². The SMILES string of the molecule is CC[Si](CC)(CC)[Si]([Si](CC)(CC)CC)[Si](CC)(CC)CC. The zero-order valence-corrected chi connectivity index (χ0v) is 21.4. The van der Waals surface area contributed by atoms with Crippen molar-refractivity contribution in [1.82, 2.24) is 0 Å². The lowest BCUT2D eigenvalue weighted by molar-refractivity contribution is 1.18. The molecule has 0 aromatic heterocycles. The van der Waals surface area contributed by atoms with Crippen molar-refractivity contribution < 1.29 is 0 Å². The first-order chi connectivity index (χ1) is 10.4. The van der Waals surface area contributed by atoms with Gasteiger partial charge in [-0.3, -0.25) is 0 Å².